The lowest BCUT2D eigenvalue weighted by atomic mass is 9.93. The smallest absolute Gasteiger partial charge is 0.290 e. The summed E-state index contributed by atoms with van der Waals surface area (Å²) in [5.41, 5.74) is -0.0811. The van der Waals surface area contributed by atoms with Crippen LogP contribution in [0.2, 0.25) is 10.0 Å². The Hall–Kier alpha value is -1.33. The average Bonchev–Trinajstić information content (AvgIpc) is 2.71. The molecule has 1 aliphatic rings. The predicted molar refractivity (Wildman–Crippen MR) is 77.4 cm³/mol. The molecule has 1 aromatic rings. The van der Waals surface area contributed by atoms with Crippen LogP contribution in [-0.2, 0) is 0 Å². The zero-order chi connectivity index (χ0) is 15.1. The molecule has 1 aromatic carbocycles. The highest BCUT2D eigenvalue weighted by atomic mass is 35.5. The molecule has 0 radical (unpaired) electrons. The van der Waals surface area contributed by atoms with E-state index in [1.807, 2.05) is 0 Å². The molecular formula is C13H14Cl2N2O3. The van der Waals surface area contributed by atoms with Gasteiger partial charge >= 0.3 is 0 Å². The van der Waals surface area contributed by atoms with Crippen LogP contribution >= 0.6 is 23.2 Å². The Morgan fingerprint density at radius 3 is 2.55 bits per heavy atom. The Bertz CT molecular complexity index is 587. The predicted octanol–water partition coefficient (Wildman–Crippen LogP) is 3.77. The number of hydrogen-bond acceptors (Lipinski definition) is 3. The van der Waals surface area contributed by atoms with E-state index in [2.05, 4.69) is 13.8 Å². The minimum atomic E-state index is -0.640. The number of carbonyl (C=O) groups excluding carboxylic acids is 1. The second-order valence-corrected chi connectivity index (χ2v) is 6.47. The molecule has 1 heterocycles. The summed E-state index contributed by atoms with van der Waals surface area (Å²) in [6.07, 6.45) is 0.905. The molecule has 2 rings (SSSR count). The molecule has 1 amide bonds. The lowest BCUT2D eigenvalue weighted by molar-refractivity contribution is -0.384. The minimum absolute atomic E-state index is 0.0164. The molecule has 1 aliphatic heterocycles. The van der Waals surface area contributed by atoms with Crippen molar-refractivity contribution < 1.29 is 9.72 Å². The number of nitrogens with zero attached hydrogens (tertiary/aromatic N) is 2. The molecule has 0 N–H and O–H groups in total. The summed E-state index contributed by atoms with van der Waals surface area (Å²) < 4.78 is 0. The topological polar surface area (TPSA) is 63.5 Å². The fraction of sp³-hybridized carbons (Fsp3) is 0.462. The van der Waals surface area contributed by atoms with Gasteiger partial charge in [0, 0.05) is 24.7 Å². The van der Waals surface area contributed by atoms with E-state index in [1.165, 1.54) is 12.1 Å². The molecule has 0 unspecified atom stereocenters. The van der Waals surface area contributed by atoms with E-state index in [0.29, 0.717) is 13.1 Å². The SMILES string of the molecule is CC1(C)CCN(C(=O)c2cc(Cl)c(Cl)c([N+](=O)[O-])c2)C1. The molecule has 0 aromatic heterocycles. The normalized spacial score (nSPS) is 17.3. The van der Waals surface area contributed by atoms with Gasteiger partial charge in [0.05, 0.1) is 9.95 Å². The van der Waals surface area contributed by atoms with Gasteiger partial charge in [-0.3, -0.25) is 14.9 Å². The summed E-state index contributed by atoms with van der Waals surface area (Å²) in [4.78, 5) is 24.3. The van der Waals surface area contributed by atoms with Crippen LogP contribution in [0.4, 0.5) is 5.69 Å². The third kappa shape index (κ3) is 2.88. The minimum Gasteiger partial charge on any atom is -0.338 e. The summed E-state index contributed by atoms with van der Waals surface area (Å²) in [6.45, 7) is 5.43. The summed E-state index contributed by atoms with van der Waals surface area (Å²) in [5, 5.41) is 10.8. The van der Waals surface area contributed by atoms with Crippen molar-refractivity contribution in [1.29, 1.82) is 0 Å². The van der Waals surface area contributed by atoms with Crippen molar-refractivity contribution in [3.05, 3.63) is 37.9 Å². The monoisotopic (exact) mass is 316 g/mol. The van der Waals surface area contributed by atoms with Crippen LogP contribution < -0.4 is 0 Å². The van der Waals surface area contributed by atoms with Crippen LogP contribution in [-0.4, -0.2) is 28.8 Å². The van der Waals surface area contributed by atoms with E-state index < -0.39 is 4.92 Å². The number of amides is 1. The Morgan fingerprint density at radius 2 is 2.05 bits per heavy atom. The fourth-order valence-electron chi connectivity index (χ4n) is 2.30. The van der Waals surface area contributed by atoms with Gasteiger partial charge in [0.1, 0.15) is 5.02 Å². The molecule has 0 spiro atoms. The maximum atomic E-state index is 12.4. The van der Waals surface area contributed by atoms with E-state index >= 15 is 0 Å². The number of hydrogen-bond donors (Lipinski definition) is 0. The quantitative estimate of drug-likeness (QED) is 0.616. The standard InChI is InChI=1S/C13H14Cl2N2O3/c1-13(2)3-4-16(7-13)12(18)8-5-9(14)11(15)10(6-8)17(19)20/h5-6H,3-4,7H2,1-2H3. The van der Waals surface area contributed by atoms with Gasteiger partial charge in [-0.25, -0.2) is 0 Å². The summed E-state index contributed by atoms with van der Waals surface area (Å²) >= 11 is 11.6. The molecular weight excluding hydrogens is 303 g/mol. The van der Waals surface area contributed by atoms with E-state index in [0.717, 1.165) is 6.42 Å². The molecule has 1 saturated heterocycles. The van der Waals surface area contributed by atoms with Crippen LogP contribution in [0.15, 0.2) is 12.1 Å². The number of benzene rings is 1. The number of carbonyl (C=O) groups is 1. The first kappa shape index (κ1) is 15.1. The Labute approximate surface area is 126 Å². The Kier molecular flexibility index (Phi) is 3.93. The zero-order valence-electron chi connectivity index (χ0n) is 11.2. The van der Waals surface area contributed by atoms with Gasteiger partial charge in [-0.05, 0) is 17.9 Å². The highest BCUT2D eigenvalue weighted by molar-refractivity contribution is 6.43. The highest BCUT2D eigenvalue weighted by Gasteiger charge is 2.33. The fourth-order valence-corrected chi connectivity index (χ4v) is 2.69. The molecule has 1 fully saturated rings. The molecule has 7 heteroatoms. The molecule has 0 atom stereocenters. The van der Waals surface area contributed by atoms with Crippen molar-refractivity contribution in [2.24, 2.45) is 5.41 Å². The van der Waals surface area contributed by atoms with Crippen LogP contribution in [0, 0.1) is 15.5 Å². The summed E-state index contributed by atoms with van der Waals surface area (Å²) in [7, 11) is 0. The Morgan fingerprint density at radius 1 is 1.40 bits per heavy atom. The van der Waals surface area contributed by atoms with Crippen LogP contribution in [0.25, 0.3) is 0 Å². The van der Waals surface area contributed by atoms with Gasteiger partial charge in [-0.1, -0.05) is 37.0 Å². The average molecular weight is 317 g/mol. The van der Waals surface area contributed by atoms with Gasteiger partial charge in [0.25, 0.3) is 11.6 Å². The number of nitro groups is 1. The Balaban J connectivity index is 2.34. The number of halogens is 2. The first-order valence-corrected chi connectivity index (χ1v) is 6.89. The van der Waals surface area contributed by atoms with Crippen LogP contribution in [0.5, 0.6) is 0 Å². The largest absolute Gasteiger partial charge is 0.338 e. The van der Waals surface area contributed by atoms with Gasteiger partial charge in [-0.2, -0.15) is 0 Å². The molecule has 5 nitrogen and oxygen atoms in total. The van der Waals surface area contributed by atoms with Crippen LogP contribution in [0.1, 0.15) is 30.6 Å². The van der Waals surface area contributed by atoms with E-state index in [4.69, 9.17) is 23.2 Å². The van der Waals surface area contributed by atoms with Gasteiger partial charge in [0.2, 0.25) is 0 Å². The first-order chi connectivity index (χ1) is 9.21. The number of rotatable bonds is 2. The van der Waals surface area contributed by atoms with Crippen molar-refractivity contribution in [2.45, 2.75) is 20.3 Å². The maximum absolute atomic E-state index is 12.4. The van der Waals surface area contributed by atoms with Crippen molar-refractivity contribution in [2.75, 3.05) is 13.1 Å². The van der Waals surface area contributed by atoms with Gasteiger partial charge in [-0.15, -0.1) is 0 Å². The number of nitro benzene ring substituents is 1. The third-order valence-corrected chi connectivity index (χ3v) is 4.21. The lowest BCUT2D eigenvalue weighted by Crippen LogP contribution is -2.30. The lowest BCUT2D eigenvalue weighted by Gasteiger charge is -2.20. The van der Waals surface area contributed by atoms with Crippen molar-refractivity contribution >= 4 is 34.8 Å². The molecule has 0 saturated carbocycles. The molecule has 0 bridgehead atoms. The zero-order valence-corrected chi connectivity index (χ0v) is 12.7. The second-order valence-electron chi connectivity index (χ2n) is 5.69. The van der Waals surface area contributed by atoms with Gasteiger partial charge in [0.15, 0.2) is 0 Å². The maximum Gasteiger partial charge on any atom is 0.290 e. The molecule has 0 aliphatic carbocycles. The third-order valence-electron chi connectivity index (χ3n) is 3.42. The first-order valence-electron chi connectivity index (χ1n) is 6.14. The van der Waals surface area contributed by atoms with E-state index in [-0.39, 0.29) is 32.6 Å². The van der Waals surface area contributed by atoms with Gasteiger partial charge < -0.3 is 4.90 Å². The summed E-state index contributed by atoms with van der Waals surface area (Å²) in [6, 6.07) is 2.56. The molecule has 20 heavy (non-hydrogen) atoms. The second kappa shape index (κ2) is 5.22. The van der Waals surface area contributed by atoms with Crippen molar-refractivity contribution in [3.8, 4) is 0 Å². The van der Waals surface area contributed by atoms with Crippen LogP contribution in [0.3, 0.4) is 0 Å². The number of likely N-dealkylation sites (tertiary alicyclic amines) is 1. The van der Waals surface area contributed by atoms with Crippen molar-refractivity contribution in [3.63, 3.8) is 0 Å². The van der Waals surface area contributed by atoms with E-state index in [1.54, 1.807) is 4.90 Å². The van der Waals surface area contributed by atoms with E-state index in [9.17, 15) is 14.9 Å². The van der Waals surface area contributed by atoms with Crippen molar-refractivity contribution in [1.82, 2.24) is 4.90 Å². The molecule has 108 valence electrons. The highest BCUT2D eigenvalue weighted by Crippen LogP contribution is 2.35. The summed E-state index contributed by atoms with van der Waals surface area (Å²) in [5.74, 6) is -0.253.